The summed E-state index contributed by atoms with van der Waals surface area (Å²) in [6.07, 6.45) is 1.12. The molecule has 0 saturated heterocycles. The summed E-state index contributed by atoms with van der Waals surface area (Å²) in [5.41, 5.74) is 4.38. The van der Waals surface area contributed by atoms with Gasteiger partial charge < -0.3 is 15.0 Å². The van der Waals surface area contributed by atoms with Gasteiger partial charge in [0, 0.05) is 23.7 Å². The Morgan fingerprint density at radius 1 is 1.13 bits per heavy atom. The van der Waals surface area contributed by atoms with E-state index in [1.54, 1.807) is 7.11 Å². The zero-order valence-electron chi connectivity index (χ0n) is 15.1. The van der Waals surface area contributed by atoms with E-state index in [2.05, 4.69) is 43.1 Å². The molecule has 0 bridgehead atoms. The molecule has 0 spiro atoms. The van der Waals surface area contributed by atoms with E-state index >= 15 is 0 Å². The monoisotopic (exact) mass is 315 g/mol. The second-order valence-corrected chi connectivity index (χ2v) is 5.96. The lowest BCUT2D eigenvalue weighted by Crippen LogP contribution is -2.25. The number of ether oxygens (including phenoxy) is 1. The number of hydrogen-bond acceptors (Lipinski definition) is 4. The van der Waals surface area contributed by atoms with Gasteiger partial charge in [-0.3, -0.25) is 4.98 Å². The summed E-state index contributed by atoms with van der Waals surface area (Å²) in [6.45, 7) is 12.9. The van der Waals surface area contributed by atoms with Crippen LogP contribution < -0.4 is 10.1 Å². The van der Waals surface area contributed by atoms with Crippen molar-refractivity contribution < 1.29 is 4.74 Å². The summed E-state index contributed by atoms with van der Waals surface area (Å²) in [6, 6.07) is 6.23. The summed E-state index contributed by atoms with van der Waals surface area (Å²) >= 11 is 0. The third kappa shape index (κ3) is 4.35. The Balaban J connectivity index is 2.18. The summed E-state index contributed by atoms with van der Waals surface area (Å²) < 4.78 is 5.45. The fourth-order valence-electron chi connectivity index (χ4n) is 2.95. The third-order valence-electron chi connectivity index (χ3n) is 4.32. The van der Waals surface area contributed by atoms with E-state index in [0.717, 1.165) is 60.6 Å². The normalized spacial score (nSPS) is 11.2. The molecule has 0 atom stereocenters. The van der Waals surface area contributed by atoms with Gasteiger partial charge in [0.05, 0.1) is 18.3 Å². The van der Waals surface area contributed by atoms with Crippen LogP contribution in [0.25, 0.3) is 10.9 Å². The first-order valence-corrected chi connectivity index (χ1v) is 8.51. The maximum atomic E-state index is 5.45. The zero-order chi connectivity index (χ0) is 16.8. The molecule has 0 saturated carbocycles. The number of anilines is 1. The van der Waals surface area contributed by atoms with Crippen molar-refractivity contribution in [3.05, 3.63) is 29.5 Å². The summed E-state index contributed by atoms with van der Waals surface area (Å²) in [4.78, 5) is 7.17. The third-order valence-corrected chi connectivity index (χ3v) is 4.32. The lowest BCUT2D eigenvalue weighted by atomic mass is 10.1. The minimum Gasteiger partial charge on any atom is -0.497 e. The number of nitrogens with one attached hydrogen (secondary N) is 1. The number of aryl methyl sites for hydroxylation is 2. The number of pyridine rings is 1. The SMILES string of the molecule is CCN(CC)CCCNc1cc(OC)cc2c(C)cc(C)nc12. The molecule has 1 aromatic heterocycles. The van der Waals surface area contributed by atoms with Crippen molar-refractivity contribution in [3.63, 3.8) is 0 Å². The first-order chi connectivity index (χ1) is 11.1. The second kappa shape index (κ2) is 8.16. The van der Waals surface area contributed by atoms with Crippen LogP contribution in [-0.4, -0.2) is 43.2 Å². The largest absolute Gasteiger partial charge is 0.497 e. The maximum absolute atomic E-state index is 5.45. The first-order valence-electron chi connectivity index (χ1n) is 8.51. The highest BCUT2D eigenvalue weighted by atomic mass is 16.5. The van der Waals surface area contributed by atoms with Gasteiger partial charge in [-0.1, -0.05) is 13.8 Å². The maximum Gasteiger partial charge on any atom is 0.121 e. The zero-order valence-corrected chi connectivity index (χ0v) is 15.1. The lowest BCUT2D eigenvalue weighted by molar-refractivity contribution is 0.303. The van der Waals surface area contributed by atoms with Gasteiger partial charge in [-0.05, 0) is 57.6 Å². The lowest BCUT2D eigenvalue weighted by Gasteiger charge is -2.18. The topological polar surface area (TPSA) is 37.4 Å². The standard InChI is InChI=1S/C19H29N3O/c1-6-22(7-2)10-8-9-20-18-13-16(23-5)12-17-14(3)11-15(4)21-19(17)18/h11-13,20H,6-10H2,1-5H3. The van der Waals surface area contributed by atoms with Crippen LogP contribution >= 0.6 is 0 Å². The number of nitrogens with zero attached hydrogens (tertiary/aromatic N) is 2. The number of fused-ring (bicyclic) bond motifs is 1. The van der Waals surface area contributed by atoms with Crippen LogP contribution in [0.3, 0.4) is 0 Å². The predicted octanol–water partition coefficient (Wildman–Crippen LogP) is 4.00. The summed E-state index contributed by atoms with van der Waals surface area (Å²) in [7, 11) is 1.71. The fraction of sp³-hybridized carbons (Fsp3) is 0.526. The van der Waals surface area contributed by atoms with E-state index in [-0.39, 0.29) is 0 Å². The summed E-state index contributed by atoms with van der Waals surface area (Å²) in [5.74, 6) is 0.873. The Morgan fingerprint density at radius 3 is 2.52 bits per heavy atom. The van der Waals surface area contributed by atoms with Crippen LogP contribution in [0.15, 0.2) is 18.2 Å². The van der Waals surface area contributed by atoms with Crippen molar-refractivity contribution in [1.29, 1.82) is 0 Å². The quantitative estimate of drug-likeness (QED) is 0.747. The van der Waals surface area contributed by atoms with Crippen molar-refractivity contribution in [1.82, 2.24) is 9.88 Å². The van der Waals surface area contributed by atoms with E-state index in [1.165, 1.54) is 5.56 Å². The Morgan fingerprint density at radius 2 is 1.87 bits per heavy atom. The molecule has 0 aliphatic heterocycles. The molecule has 2 aromatic rings. The van der Waals surface area contributed by atoms with Gasteiger partial charge in [-0.15, -0.1) is 0 Å². The van der Waals surface area contributed by atoms with E-state index in [0.29, 0.717) is 0 Å². The molecule has 2 rings (SSSR count). The van der Waals surface area contributed by atoms with Gasteiger partial charge >= 0.3 is 0 Å². The highest BCUT2D eigenvalue weighted by Gasteiger charge is 2.09. The van der Waals surface area contributed by atoms with Crippen molar-refractivity contribution in [2.24, 2.45) is 0 Å². The van der Waals surface area contributed by atoms with Gasteiger partial charge in [-0.2, -0.15) is 0 Å². The van der Waals surface area contributed by atoms with Crippen molar-refractivity contribution in [3.8, 4) is 5.75 Å². The van der Waals surface area contributed by atoms with Crippen LogP contribution in [0.1, 0.15) is 31.5 Å². The first kappa shape index (κ1) is 17.5. The van der Waals surface area contributed by atoms with Gasteiger partial charge in [0.15, 0.2) is 0 Å². The van der Waals surface area contributed by atoms with Crippen molar-refractivity contribution in [2.45, 2.75) is 34.1 Å². The van der Waals surface area contributed by atoms with Crippen LogP contribution in [0.4, 0.5) is 5.69 Å². The minimum atomic E-state index is 0.873. The number of rotatable bonds is 8. The number of methoxy groups -OCH3 is 1. The molecule has 0 fully saturated rings. The molecule has 0 unspecified atom stereocenters. The Labute approximate surface area is 139 Å². The van der Waals surface area contributed by atoms with E-state index in [1.807, 2.05) is 13.0 Å². The Hall–Kier alpha value is -1.81. The van der Waals surface area contributed by atoms with E-state index in [9.17, 15) is 0 Å². The van der Waals surface area contributed by atoms with Gasteiger partial charge in [0.1, 0.15) is 5.75 Å². The van der Waals surface area contributed by atoms with Crippen LogP contribution in [-0.2, 0) is 0 Å². The second-order valence-electron chi connectivity index (χ2n) is 5.96. The smallest absolute Gasteiger partial charge is 0.121 e. The molecule has 4 nitrogen and oxygen atoms in total. The van der Waals surface area contributed by atoms with Gasteiger partial charge in [0.25, 0.3) is 0 Å². The summed E-state index contributed by atoms with van der Waals surface area (Å²) in [5, 5.41) is 4.71. The molecule has 0 radical (unpaired) electrons. The molecule has 0 aliphatic rings. The highest BCUT2D eigenvalue weighted by molar-refractivity contribution is 5.94. The van der Waals surface area contributed by atoms with E-state index in [4.69, 9.17) is 9.72 Å². The molecular formula is C19H29N3O. The number of hydrogen-bond donors (Lipinski definition) is 1. The number of aromatic nitrogens is 1. The van der Waals surface area contributed by atoms with Gasteiger partial charge in [-0.25, -0.2) is 0 Å². The van der Waals surface area contributed by atoms with E-state index < -0.39 is 0 Å². The molecule has 1 aromatic carbocycles. The average molecular weight is 315 g/mol. The minimum absolute atomic E-state index is 0.873. The molecule has 126 valence electrons. The Kier molecular flexibility index (Phi) is 6.22. The fourth-order valence-corrected chi connectivity index (χ4v) is 2.95. The molecule has 0 amide bonds. The molecule has 23 heavy (non-hydrogen) atoms. The molecular weight excluding hydrogens is 286 g/mol. The van der Waals surface area contributed by atoms with Crippen LogP contribution in [0, 0.1) is 13.8 Å². The van der Waals surface area contributed by atoms with Crippen LogP contribution in [0.5, 0.6) is 5.75 Å². The van der Waals surface area contributed by atoms with Gasteiger partial charge in [0.2, 0.25) is 0 Å². The molecule has 1 N–H and O–H groups in total. The predicted molar refractivity (Wildman–Crippen MR) is 98.7 cm³/mol. The van der Waals surface area contributed by atoms with Crippen LogP contribution in [0.2, 0.25) is 0 Å². The van der Waals surface area contributed by atoms with Crippen molar-refractivity contribution >= 4 is 16.6 Å². The average Bonchev–Trinajstić information content (AvgIpc) is 2.55. The molecule has 1 heterocycles. The Bertz CT molecular complexity index is 651. The molecule has 4 heteroatoms. The molecule has 0 aliphatic carbocycles. The van der Waals surface area contributed by atoms with Crippen molar-refractivity contribution in [2.75, 3.05) is 38.6 Å². The highest BCUT2D eigenvalue weighted by Crippen LogP contribution is 2.30. The number of benzene rings is 1.